The minimum absolute atomic E-state index is 0.0844. The van der Waals surface area contributed by atoms with E-state index < -0.39 is 0 Å². The zero-order valence-corrected chi connectivity index (χ0v) is 15.7. The third-order valence-electron chi connectivity index (χ3n) is 4.52. The molecule has 1 aromatic carbocycles. The Morgan fingerprint density at radius 3 is 2.44 bits per heavy atom. The fourth-order valence-electron chi connectivity index (χ4n) is 2.93. The smallest absolute Gasteiger partial charge is 0.253 e. The van der Waals surface area contributed by atoms with Crippen LogP contribution in [-0.4, -0.2) is 35.8 Å². The van der Waals surface area contributed by atoms with Crippen molar-refractivity contribution in [1.29, 1.82) is 0 Å². The maximum atomic E-state index is 12.6. The van der Waals surface area contributed by atoms with Gasteiger partial charge in [0.2, 0.25) is 0 Å². The normalized spacial score (nSPS) is 11.4. The van der Waals surface area contributed by atoms with Gasteiger partial charge in [-0.2, -0.15) is 0 Å². The number of carbonyl (C=O) groups excluding carboxylic acids is 1. The monoisotopic (exact) mass is 344 g/mol. The number of benzene rings is 1. The lowest BCUT2D eigenvalue weighted by atomic mass is 9.89. The molecule has 5 heteroatoms. The predicted molar refractivity (Wildman–Crippen MR) is 99.6 cm³/mol. The van der Waals surface area contributed by atoms with Gasteiger partial charge in [-0.15, -0.1) is 0 Å². The molecule has 0 radical (unpaired) electrons. The van der Waals surface area contributed by atoms with Gasteiger partial charge in [0, 0.05) is 30.2 Å². The van der Waals surface area contributed by atoms with Gasteiger partial charge in [0.15, 0.2) is 0 Å². The van der Waals surface area contributed by atoms with E-state index in [-0.39, 0.29) is 17.9 Å². The molecule has 2 rings (SSSR count). The molecular weight excluding hydrogens is 316 g/mol. The highest BCUT2D eigenvalue weighted by molar-refractivity contribution is 5.96. The lowest BCUT2D eigenvalue weighted by molar-refractivity contribution is 0.0927. The first-order valence-electron chi connectivity index (χ1n) is 8.51. The molecule has 0 aliphatic heterocycles. The van der Waals surface area contributed by atoms with Crippen LogP contribution in [0.4, 0.5) is 0 Å². The van der Waals surface area contributed by atoms with Crippen LogP contribution in [0.3, 0.4) is 0 Å². The maximum absolute atomic E-state index is 12.6. The number of amides is 1. The molecule has 1 aromatic heterocycles. The van der Waals surface area contributed by atoms with Crippen LogP contribution in [0.2, 0.25) is 0 Å². The second-order valence-electron chi connectivity index (χ2n) is 7.14. The van der Waals surface area contributed by atoms with Gasteiger partial charge in [0.25, 0.3) is 5.91 Å². The molecule has 25 heavy (non-hydrogen) atoms. The Morgan fingerprint density at radius 1 is 1.24 bits per heavy atom. The summed E-state index contributed by atoms with van der Waals surface area (Å²) >= 11 is 0. The number of aryl methyl sites for hydroxylation is 1. The summed E-state index contributed by atoms with van der Waals surface area (Å²) in [7, 11) is 1.64. The highest BCUT2D eigenvalue weighted by Crippen LogP contribution is 2.23. The predicted octanol–water partition coefficient (Wildman–Crippen LogP) is 3.24. The fourth-order valence-corrected chi connectivity index (χ4v) is 2.93. The Hall–Kier alpha value is -2.27. The number of rotatable bonds is 7. The molecule has 2 aromatic rings. The van der Waals surface area contributed by atoms with E-state index in [4.69, 9.17) is 9.84 Å². The van der Waals surface area contributed by atoms with Crippen molar-refractivity contribution in [3.8, 4) is 11.4 Å². The van der Waals surface area contributed by atoms with E-state index in [1.807, 2.05) is 58.0 Å². The van der Waals surface area contributed by atoms with Crippen LogP contribution >= 0.6 is 0 Å². The number of hydrogen-bond donors (Lipinski definition) is 2. The minimum atomic E-state index is -0.133. The van der Waals surface area contributed by atoms with Crippen LogP contribution < -0.4 is 10.1 Å². The van der Waals surface area contributed by atoms with Gasteiger partial charge in [-0.25, -0.2) is 0 Å². The molecule has 136 valence electrons. The molecule has 0 aliphatic carbocycles. The highest BCUT2D eigenvalue weighted by Gasteiger charge is 2.21. The highest BCUT2D eigenvalue weighted by atomic mass is 16.5. The zero-order valence-electron chi connectivity index (χ0n) is 15.7. The van der Waals surface area contributed by atoms with E-state index in [0.717, 1.165) is 22.8 Å². The van der Waals surface area contributed by atoms with Crippen molar-refractivity contribution >= 4 is 5.91 Å². The number of ether oxygens (including phenoxy) is 1. The summed E-state index contributed by atoms with van der Waals surface area (Å²) in [5.41, 5.74) is 3.44. The second kappa shape index (κ2) is 7.74. The third-order valence-corrected chi connectivity index (χ3v) is 4.52. The molecule has 0 atom stereocenters. The molecule has 0 unspecified atom stereocenters. The molecule has 1 heterocycles. The van der Waals surface area contributed by atoms with Gasteiger partial charge < -0.3 is 19.7 Å². The first-order chi connectivity index (χ1) is 11.8. The Bertz CT molecular complexity index is 730. The van der Waals surface area contributed by atoms with E-state index in [1.165, 1.54) is 0 Å². The Labute approximate surface area is 149 Å². The Kier molecular flexibility index (Phi) is 5.90. The van der Waals surface area contributed by atoms with Crippen LogP contribution in [0.1, 0.15) is 42.0 Å². The number of nitrogens with one attached hydrogen (secondary N) is 1. The summed E-state index contributed by atoms with van der Waals surface area (Å²) in [6, 6.07) is 9.68. The SMILES string of the molecule is COc1ccc(-n2c(C)cc(C(=O)NCC(C)(C)CCO)c2C)cc1. The van der Waals surface area contributed by atoms with Crippen molar-refractivity contribution in [2.45, 2.75) is 34.1 Å². The van der Waals surface area contributed by atoms with E-state index >= 15 is 0 Å². The van der Waals surface area contributed by atoms with Crippen LogP contribution in [-0.2, 0) is 0 Å². The van der Waals surface area contributed by atoms with Crippen molar-refractivity contribution in [3.63, 3.8) is 0 Å². The molecule has 0 fully saturated rings. The quantitative estimate of drug-likeness (QED) is 0.810. The zero-order chi connectivity index (χ0) is 18.6. The summed E-state index contributed by atoms with van der Waals surface area (Å²) < 4.78 is 7.26. The number of aliphatic hydroxyl groups excluding tert-OH is 1. The largest absolute Gasteiger partial charge is 0.497 e. The molecule has 0 aliphatic rings. The molecule has 0 spiro atoms. The van der Waals surface area contributed by atoms with E-state index in [9.17, 15) is 4.79 Å². The average Bonchev–Trinajstić information content (AvgIpc) is 2.87. The number of aliphatic hydroxyl groups is 1. The summed E-state index contributed by atoms with van der Waals surface area (Å²) in [6.45, 7) is 8.65. The number of hydrogen-bond acceptors (Lipinski definition) is 3. The van der Waals surface area contributed by atoms with Crippen molar-refractivity contribution < 1.29 is 14.6 Å². The number of methoxy groups -OCH3 is 1. The van der Waals surface area contributed by atoms with Crippen molar-refractivity contribution in [2.24, 2.45) is 5.41 Å². The molecule has 2 N–H and O–H groups in total. The minimum Gasteiger partial charge on any atom is -0.497 e. The van der Waals surface area contributed by atoms with Crippen LogP contribution in [0.15, 0.2) is 30.3 Å². The first kappa shape index (κ1) is 19.1. The average molecular weight is 344 g/mol. The lowest BCUT2D eigenvalue weighted by Gasteiger charge is -2.23. The van der Waals surface area contributed by atoms with Crippen LogP contribution in [0.5, 0.6) is 5.75 Å². The number of carbonyl (C=O) groups is 1. The van der Waals surface area contributed by atoms with Gasteiger partial charge in [0.05, 0.1) is 12.7 Å². The lowest BCUT2D eigenvalue weighted by Crippen LogP contribution is -2.34. The molecule has 0 bridgehead atoms. The molecule has 0 saturated carbocycles. The first-order valence-corrected chi connectivity index (χ1v) is 8.51. The van der Waals surface area contributed by atoms with E-state index in [2.05, 4.69) is 9.88 Å². The standard InChI is InChI=1S/C20H28N2O3/c1-14-12-18(19(24)21-13-20(3,4)10-11-23)15(2)22(14)16-6-8-17(25-5)9-7-16/h6-9,12,23H,10-11,13H2,1-5H3,(H,21,24). The van der Waals surface area contributed by atoms with Crippen molar-refractivity contribution in [2.75, 3.05) is 20.3 Å². The van der Waals surface area contributed by atoms with Gasteiger partial charge in [-0.1, -0.05) is 13.8 Å². The molecule has 1 amide bonds. The van der Waals surface area contributed by atoms with Crippen molar-refractivity contribution in [3.05, 3.63) is 47.3 Å². The Balaban J connectivity index is 2.22. The third kappa shape index (κ3) is 4.42. The number of aromatic nitrogens is 1. The Morgan fingerprint density at radius 2 is 1.88 bits per heavy atom. The molecule has 5 nitrogen and oxygen atoms in total. The second-order valence-corrected chi connectivity index (χ2v) is 7.14. The van der Waals surface area contributed by atoms with Gasteiger partial charge >= 0.3 is 0 Å². The van der Waals surface area contributed by atoms with Crippen molar-refractivity contribution in [1.82, 2.24) is 9.88 Å². The van der Waals surface area contributed by atoms with Gasteiger partial charge in [-0.05, 0) is 56.0 Å². The summed E-state index contributed by atoms with van der Waals surface area (Å²) in [5.74, 6) is 0.717. The van der Waals surface area contributed by atoms with Crippen LogP contribution in [0.25, 0.3) is 5.69 Å². The van der Waals surface area contributed by atoms with Crippen LogP contribution in [0, 0.1) is 19.3 Å². The van der Waals surface area contributed by atoms with Gasteiger partial charge in [-0.3, -0.25) is 4.79 Å². The molecular formula is C20H28N2O3. The van der Waals surface area contributed by atoms with Gasteiger partial charge in [0.1, 0.15) is 5.75 Å². The summed E-state index contributed by atoms with van der Waals surface area (Å²) in [5, 5.41) is 12.1. The van der Waals surface area contributed by atoms with E-state index in [0.29, 0.717) is 18.5 Å². The van der Waals surface area contributed by atoms with E-state index in [1.54, 1.807) is 7.11 Å². The summed E-state index contributed by atoms with van der Waals surface area (Å²) in [4.78, 5) is 12.6. The molecule has 0 saturated heterocycles. The topological polar surface area (TPSA) is 63.5 Å². The number of nitrogens with zero attached hydrogens (tertiary/aromatic N) is 1. The fraction of sp³-hybridized carbons (Fsp3) is 0.450. The maximum Gasteiger partial charge on any atom is 0.253 e. The summed E-state index contributed by atoms with van der Waals surface area (Å²) in [6.07, 6.45) is 0.651.